The fourth-order valence-electron chi connectivity index (χ4n) is 3.58. The van der Waals surface area contributed by atoms with E-state index in [1.807, 2.05) is 66.0 Å². The van der Waals surface area contributed by atoms with E-state index in [0.29, 0.717) is 35.2 Å². The predicted octanol–water partition coefficient (Wildman–Crippen LogP) is 5.05. The third kappa shape index (κ3) is 4.46. The van der Waals surface area contributed by atoms with E-state index >= 15 is 0 Å². The van der Waals surface area contributed by atoms with Crippen molar-refractivity contribution in [1.29, 1.82) is 0 Å². The number of aryl methyl sites for hydroxylation is 1. The van der Waals surface area contributed by atoms with Gasteiger partial charge in [0.2, 0.25) is 11.7 Å². The highest BCUT2D eigenvalue weighted by Crippen LogP contribution is 2.26. The summed E-state index contributed by atoms with van der Waals surface area (Å²) in [4.78, 5) is 18.6. The Morgan fingerprint density at radius 1 is 1.12 bits per heavy atom. The van der Waals surface area contributed by atoms with E-state index < -0.39 is 0 Å². The third-order valence-electron chi connectivity index (χ3n) is 5.29. The van der Waals surface area contributed by atoms with E-state index in [2.05, 4.69) is 20.6 Å². The Balaban J connectivity index is 1.35. The van der Waals surface area contributed by atoms with Gasteiger partial charge in [0.05, 0.1) is 24.1 Å². The summed E-state index contributed by atoms with van der Waals surface area (Å²) < 4.78 is 12.3. The maximum Gasteiger partial charge on any atom is 0.273 e. The third-order valence-corrected chi connectivity index (χ3v) is 6.16. The van der Waals surface area contributed by atoms with Crippen molar-refractivity contribution in [3.63, 3.8) is 0 Å². The number of rotatable bonds is 7. The van der Waals surface area contributed by atoms with E-state index in [4.69, 9.17) is 9.26 Å². The number of nitrogens with zero attached hydrogens (tertiary/aromatic N) is 4. The molecule has 0 aliphatic carbocycles. The average Bonchev–Trinajstić information content (AvgIpc) is 3.61. The lowest BCUT2D eigenvalue weighted by Crippen LogP contribution is -2.17. The van der Waals surface area contributed by atoms with Crippen molar-refractivity contribution in [2.45, 2.75) is 6.42 Å². The number of benzene rings is 2. The van der Waals surface area contributed by atoms with E-state index in [0.717, 1.165) is 21.8 Å². The van der Waals surface area contributed by atoms with Crippen LogP contribution in [0, 0.1) is 0 Å². The molecule has 1 N–H and O–H groups in total. The highest BCUT2D eigenvalue weighted by atomic mass is 32.1. The number of thiophene rings is 1. The Kier molecular flexibility index (Phi) is 5.92. The predicted molar refractivity (Wildman–Crippen MR) is 130 cm³/mol. The van der Waals surface area contributed by atoms with Gasteiger partial charge < -0.3 is 14.6 Å². The second-order valence-corrected chi connectivity index (χ2v) is 8.50. The van der Waals surface area contributed by atoms with Crippen LogP contribution < -0.4 is 10.1 Å². The number of para-hydroxylation sites is 1. The molecular formula is C25H21N5O3S. The molecule has 0 aliphatic heterocycles. The number of carbonyl (C=O) groups is 1. The van der Waals surface area contributed by atoms with Gasteiger partial charge in [0.15, 0.2) is 0 Å². The van der Waals surface area contributed by atoms with Crippen LogP contribution in [0.4, 0.5) is 5.69 Å². The second kappa shape index (κ2) is 9.32. The first-order valence-corrected chi connectivity index (χ1v) is 11.4. The molecule has 9 heteroatoms. The number of hydrogen-bond acceptors (Lipinski definition) is 7. The molecule has 0 saturated carbocycles. The van der Waals surface area contributed by atoms with Crippen LogP contribution in [0.5, 0.6) is 5.75 Å². The lowest BCUT2D eigenvalue weighted by Gasteiger charge is -2.09. The first-order chi connectivity index (χ1) is 16.6. The topological polar surface area (TPSA) is 95.1 Å². The van der Waals surface area contributed by atoms with Gasteiger partial charge in [-0.25, -0.2) is 0 Å². The first kappa shape index (κ1) is 21.6. The van der Waals surface area contributed by atoms with Crippen LogP contribution in [0.15, 0.2) is 76.6 Å². The zero-order valence-electron chi connectivity index (χ0n) is 18.6. The normalized spacial score (nSPS) is 10.9. The van der Waals surface area contributed by atoms with Crippen molar-refractivity contribution < 1.29 is 14.1 Å². The number of amides is 1. The maximum atomic E-state index is 13.1. The zero-order chi connectivity index (χ0) is 23.5. The molecule has 3 heterocycles. The van der Waals surface area contributed by atoms with E-state index in [9.17, 15) is 4.79 Å². The minimum atomic E-state index is -0.263. The van der Waals surface area contributed by atoms with Crippen LogP contribution in [-0.4, -0.2) is 32.9 Å². The van der Waals surface area contributed by atoms with Crippen LogP contribution in [0.2, 0.25) is 0 Å². The van der Waals surface area contributed by atoms with E-state index in [1.54, 1.807) is 36.2 Å². The minimum Gasteiger partial charge on any atom is -0.497 e. The quantitative estimate of drug-likeness (QED) is 0.357. The van der Waals surface area contributed by atoms with Gasteiger partial charge in [-0.3, -0.25) is 9.48 Å². The SMILES string of the molecule is COc1cccc(-c2cc(C(=O)Nc3ccccc3Cc3nc(-c4cccs4)no3)n(C)n2)c1. The van der Waals surface area contributed by atoms with Gasteiger partial charge in [0.1, 0.15) is 11.4 Å². The van der Waals surface area contributed by atoms with Gasteiger partial charge in [0.25, 0.3) is 5.91 Å². The molecule has 0 saturated heterocycles. The number of carbonyl (C=O) groups excluding carboxylic acids is 1. The lowest BCUT2D eigenvalue weighted by molar-refractivity contribution is 0.101. The Morgan fingerprint density at radius 3 is 2.82 bits per heavy atom. The molecule has 3 aromatic heterocycles. The molecule has 0 radical (unpaired) electrons. The van der Waals surface area contributed by atoms with Gasteiger partial charge in [-0.05, 0) is 41.3 Å². The van der Waals surface area contributed by atoms with Crippen molar-refractivity contribution in [1.82, 2.24) is 19.9 Å². The monoisotopic (exact) mass is 471 g/mol. The highest BCUT2D eigenvalue weighted by molar-refractivity contribution is 7.13. The van der Waals surface area contributed by atoms with Crippen LogP contribution in [0.25, 0.3) is 22.0 Å². The number of methoxy groups -OCH3 is 1. The van der Waals surface area contributed by atoms with Crippen molar-refractivity contribution in [2.75, 3.05) is 12.4 Å². The fourth-order valence-corrected chi connectivity index (χ4v) is 4.23. The molecule has 0 aliphatic rings. The molecule has 0 spiro atoms. The summed E-state index contributed by atoms with van der Waals surface area (Å²) in [5, 5.41) is 13.5. The summed E-state index contributed by atoms with van der Waals surface area (Å²) >= 11 is 1.55. The number of aromatic nitrogens is 4. The van der Waals surface area contributed by atoms with Crippen LogP contribution in [0.1, 0.15) is 21.9 Å². The van der Waals surface area contributed by atoms with Crippen LogP contribution >= 0.6 is 11.3 Å². The second-order valence-electron chi connectivity index (χ2n) is 7.55. The first-order valence-electron chi connectivity index (χ1n) is 10.5. The smallest absolute Gasteiger partial charge is 0.273 e. The molecule has 0 unspecified atom stereocenters. The fraction of sp³-hybridized carbons (Fsp3) is 0.120. The van der Waals surface area contributed by atoms with Crippen LogP contribution in [0.3, 0.4) is 0 Å². The molecule has 34 heavy (non-hydrogen) atoms. The molecule has 0 fully saturated rings. The maximum absolute atomic E-state index is 13.1. The number of nitrogens with one attached hydrogen (secondary N) is 1. The van der Waals surface area contributed by atoms with Gasteiger partial charge in [-0.1, -0.05) is 41.6 Å². The van der Waals surface area contributed by atoms with Gasteiger partial charge in [-0.15, -0.1) is 11.3 Å². The lowest BCUT2D eigenvalue weighted by atomic mass is 10.1. The van der Waals surface area contributed by atoms with Crippen molar-refractivity contribution in [3.8, 4) is 27.7 Å². The standard InChI is InChI=1S/C25H21N5O3S/c1-30-21(15-20(28-30)16-8-5-9-18(13-16)32-2)25(31)26-19-10-4-3-7-17(19)14-23-27-24(29-33-23)22-11-6-12-34-22/h3-13,15H,14H2,1-2H3,(H,26,31). The largest absolute Gasteiger partial charge is 0.497 e. The molecule has 2 aromatic carbocycles. The highest BCUT2D eigenvalue weighted by Gasteiger charge is 2.17. The summed E-state index contributed by atoms with van der Waals surface area (Å²) in [7, 11) is 3.36. The van der Waals surface area contributed by atoms with Crippen molar-refractivity contribution in [3.05, 3.63) is 89.3 Å². The average molecular weight is 472 g/mol. The van der Waals surface area contributed by atoms with E-state index in [-0.39, 0.29) is 5.91 Å². The molecule has 0 atom stereocenters. The van der Waals surface area contributed by atoms with Crippen molar-refractivity contribution >= 4 is 22.9 Å². The molecule has 170 valence electrons. The van der Waals surface area contributed by atoms with Gasteiger partial charge in [-0.2, -0.15) is 10.1 Å². The number of hydrogen-bond donors (Lipinski definition) is 1. The Bertz CT molecular complexity index is 1440. The summed E-state index contributed by atoms with van der Waals surface area (Å²) in [5.41, 5.74) is 3.53. The molecule has 8 nitrogen and oxygen atoms in total. The Morgan fingerprint density at radius 2 is 2.00 bits per heavy atom. The van der Waals surface area contributed by atoms with Gasteiger partial charge >= 0.3 is 0 Å². The summed E-state index contributed by atoms with van der Waals surface area (Å²) in [6, 6.07) is 20.8. The zero-order valence-corrected chi connectivity index (χ0v) is 19.4. The number of anilines is 1. The molecule has 1 amide bonds. The summed E-state index contributed by atoms with van der Waals surface area (Å²) in [6.45, 7) is 0. The van der Waals surface area contributed by atoms with E-state index in [1.165, 1.54) is 0 Å². The van der Waals surface area contributed by atoms with Gasteiger partial charge in [0, 0.05) is 18.3 Å². The summed E-state index contributed by atoms with van der Waals surface area (Å²) in [5.74, 6) is 1.50. The Labute approximate surface area is 199 Å². The molecular weight excluding hydrogens is 450 g/mol. The molecule has 0 bridgehead atoms. The number of ether oxygens (including phenoxy) is 1. The Hall–Kier alpha value is -4.24. The molecule has 5 rings (SSSR count). The van der Waals surface area contributed by atoms with Crippen molar-refractivity contribution in [2.24, 2.45) is 7.05 Å². The van der Waals surface area contributed by atoms with Crippen LogP contribution in [-0.2, 0) is 13.5 Å². The minimum absolute atomic E-state index is 0.263. The summed E-state index contributed by atoms with van der Waals surface area (Å²) in [6.07, 6.45) is 0.398. The molecule has 5 aromatic rings.